The van der Waals surface area contributed by atoms with Gasteiger partial charge in [-0.1, -0.05) is 31.2 Å². The molecule has 0 aliphatic rings. The SMILES string of the molecule is CCOc1ccc(CN(Cc2ccco2)[C@@H](c2cc3ccc(C)cc3[nH]c2=O)c2nnnn2C(C)(C)CC)cc1. The Hall–Kier alpha value is -4.24. The molecule has 0 radical (unpaired) electrons. The average molecular weight is 541 g/mol. The Kier molecular flexibility index (Phi) is 7.84. The van der Waals surface area contributed by atoms with Crippen LogP contribution in [-0.2, 0) is 18.6 Å². The van der Waals surface area contributed by atoms with Crippen molar-refractivity contribution in [2.75, 3.05) is 6.61 Å². The number of rotatable bonds is 11. The molecule has 9 nitrogen and oxygen atoms in total. The molecule has 0 saturated carbocycles. The van der Waals surface area contributed by atoms with Gasteiger partial charge in [-0.2, -0.15) is 0 Å². The van der Waals surface area contributed by atoms with E-state index in [-0.39, 0.29) is 11.1 Å². The van der Waals surface area contributed by atoms with Gasteiger partial charge in [-0.15, -0.1) is 5.10 Å². The molecule has 9 heteroatoms. The summed E-state index contributed by atoms with van der Waals surface area (Å²) in [6.07, 6.45) is 2.47. The molecular weight excluding hydrogens is 504 g/mol. The smallest absolute Gasteiger partial charge is 0.253 e. The number of aromatic nitrogens is 5. The van der Waals surface area contributed by atoms with Crippen molar-refractivity contribution in [2.45, 2.75) is 65.7 Å². The lowest BCUT2D eigenvalue weighted by molar-refractivity contribution is 0.168. The number of tetrazole rings is 1. The number of hydrogen-bond acceptors (Lipinski definition) is 7. The Balaban J connectivity index is 1.69. The van der Waals surface area contributed by atoms with Gasteiger partial charge in [0.15, 0.2) is 5.82 Å². The fourth-order valence-corrected chi connectivity index (χ4v) is 4.91. The molecule has 0 amide bonds. The van der Waals surface area contributed by atoms with E-state index in [9.17, 15) is 4.79 Å². The number of aromatic amines is 1. The summed E-state index contributed by atoms with van der Waals surface area (Å²) >= 11 is 0. The van der Waals surface area contributed by atoms with Crippen LogP contribution in [0.2, 0.25) is 0 Å². The normalized spacial score (nSPS) is 12.8. The second kappa shape index (κ2) is 11.5. The molecule has 2 aromatic carbocycles. The number of benzene rings is 2. The molecule has 1 N–H and O–H groups in total. The van der Waals surface area contributed by atoms with Crippen LogP contribution < -0.4 is 10.3 Å². The summed E-state index contributed by atoms with van der Waals surface area (Å²) in [5.74, 6) is 2.19. The summed E-state index contributed by atoms with van der Waals surface area (Å²) in [7, 11) is 0. The van der Waals surface area contributed by atoms with E-state index in [4.69, 9.17) is 9.15 Å². The minimum atomic E-state index is -0.563. The Bertz CT molecular complexity index is 1620. The van der Waals surface area contributed by atoms with Gasteiger partial charge < -0.3 is 14.1 Å². The van der Waals surface area contributed by atoms with Gasteiger partial charge in [-0.25, -0.2) is 4.68 Å². The number of pyridine rings is 1. The average Bonchev–Trinajstić information content (AvgIpc) is 3.63. The zero-order valence-electron chi connectivity index (χ0n) is 23.7. The molecule has 208 valence electrons. The van der Waals surface area contributed by atoms with Crippen molar-refractivity contribution in [1.82, 2.24) is 30.1 Å². The minimum Gasteiger partial charge on any atom is -0.494 e. The van der Waals surface area contributed by atoms with Crippen LogP contribution >= 0.6 is 0 Å². The van der Waals surface area contributed by atoms with E-state index in [2.05, 4.69) is 46.2 Å². The molecule has 0 unspecified atom stereocenters. The second-order valence-corrected chi connectivity index (χ2v) is 10.7. The lowest BCUT2D eigenvalue weighted by Gasteiger charge is -2.33. The Morgan fingerprint density at radius 1 is 1.07 bits per heavy atom. The first kappa shape index (κ1) is 27.3. The van der Waals surface area contributed by atoms with Gasteiger partial charge in [0.2, 0.25) is 0 Å². The monoisotopic (exact) mass is 540 g/mol. The van der Waals surface area contributed by atoms with Gasteiger partial charge in [-0.05, 0) is 97.5 Å². The molecule has 0 saturated heterocycles. The third-order valence-corrected chi connectivity index (χ3v) is 7.43. The number of ether oxygens (including phenoxy) is 1. The van der Waals surface area contributed by atoms with E-state index >= 15 is 0 Å². The van der Waals surface area contributed by atoms with Gasteiger partial charge >= 0.3 is 0 Å². The highest BCUT2D eigenvalue weighted by molar-refractivity contribution is 5.79. The summed E-state index contributed by atoms with van der Waals surface area (Å²) in [5, 5.41) is 14.0. The molecule has 5 aromatic rings. The first-order chi connectivity index (χ1) is 19.3. The molecule has 0 bridgehead atoms. The number of nitrogens with one attached hydrogen (secondary N) is 1. The molecule has 5 rings (SSSR count). The first-order valence-corrected chi connectivity index (χ1v) is 13.7. The highest BCUT2D eigenvalue weighted by Crippen LogP contribution is 2.33. The van der Waals surface area contributed by atoms with E-state index in [0.29, 0.717) is 31.1 Å². The van der Waals surface area contributed by atoms with Crippen LogP contribution in [0.1, 0.15) is 68.4 Å². The predicted octanol–water partition coefficient (Wildman–Crippen LogP) is 5.75. The molecular formula is C31H36N6O3. The van der Waals surface area contributed by atoms with E-state index in [0.717, 1.165) is 40.0 Å². The van der Waals surface area contributed by atoms with Crippen LogP contribution in [0.3, 0.4) is 0 Å². The van der Waals surface area contributed by atoms with Crippen LogP contribution in [-0.4, -0.2) is 36.7 Å². The summed E-state index contributed by atoms with van der Waals surface area (Å²) in [6.45, 7) is 11.8. The van der Waals surface area contributed by atoms with E-state index in [1.807, 2.05) is 79.2 Å². The van der Waals surface area contributed by atoms with Crippen LogP contribution in [0.15, 0.2) is 76.1 Å². The number of hydrogen-bond donors (Lipinski definition) is 1. The molecule has 0 aliphatic carbocycles. The molecule has 3 aromatic heterocycles. The van der Waals surface area contributed by atoms with Crippen LogP contribution in [0.25, 0.3) is 10.9 Å². The van der Waals surface area contributed by atoms with Crippen molar-refractivity contribution in [2.24, 2.45) is 0 Å². The lowest BCUT2D eigenvalue weighted by Crippen LogP contribution is -2.38. The molecule has 40 heavy (non-hydrogen) atoms. The Morgan fingerprint density at radius 3 is 2.58 bits per heavy atom. The third-order valence-electron chi connectivity index (χ3n) is 7.43. The summed E-state index contributed by atoms with van der Waals surface area (Å²) in [6, 6.07) is 19.3. The third kappa shape index (κ3) is 5.70. The maximum Gasteiger partial charge on any atom is 0.253 e. The number of H-pyrrole nitrogens is 1. The maximum absolute atomic E-state index is 13.8. The molecule has 0 spiro atoms. The summed E-state index contributed by atoms with van der Waals surface area (Å²) < 4.78 is 13.3. The Morgan fingerprint density at radius 2 is 1.88 bits per heavy atom. The predicted molar refractivity (Wildman–Crippen MR) is 154 cm³/mol. The van der Waals surface area contributed by atoms with Crippen molar-refractivity contribution in [1.29, 1.82) is 0 Å². The summed E-state index contributed by atoms with van der Waals surface area (Å²) in [5.41, 5.74) is 2.95. The van der Waals surface area contributed by atoms with Crippen molar-refractivity contribution in [3.05, 3.63) is 106 Å². The zero-order chi connectivity index (χ0) is 28.3. The van der Waals surface area contributed by atoms with E-state index in [1.54, 1.807) is 6.26 Å². The fraction of sp³-hybridized carbons (Fsp3) is 0.355. The highest BCUT2D eigenvalue weighted by atomic mass is 16.5. The largest absolute Gasteiger partial charge is 0.494 e. The molecule has 1 atom stereocenters. The molecule has 3 heterocycles. The van der Waals surface area contributed by atoms with Gasteiger partial charge in [0.1, 0.15) is 17.6 Å². The fourth-order valence-electron chi connectivity index (χ4n) is 4.91. The second-order valence-electron chi connectivity index (χ2n) is 10.7. The van der Waals surface area contributed by atoms with Crippen molar-refractivity contribution >= 4 is 10.9 Å². The van der Waals surface area contributed by atoms with Crippen molar-refractivity contribution in [3.63, 3.8) is 0 Å². The first-order valence-electron chi connectivity index (χ1n) is 13.7. The number of fused-ring (bicyclic) bond motifs is 1. The van der Waals surface area contributed by atoms with Gasteiger partial charge in [-0.3, -0.25) is 9.69 Å². The van der Waals surface area contributed by atoms with Crippen LogP contribution in [0, 0.1) is 6.92 Å². The molecule has 0 fully saturated rings. The lowest BCUT2D eigenvalue weighted by atomic mass is 9.98. The maximum atomic E-state index is 13.8. The highest BCUT2D eigenvalue weighted by Gasteiger charge is 2.35. The molecule has 0 aliphatic heterocycles. The van der Waals surface area contributed by atoms with Crippen molar-refractivity contribution in [3.8, 4) is 5.75 Å². The zero-order valence-corrected chi connectivity index (χ0v) is 23.7. The quantitative estimate of drug-likeness (QED) is 0.228. The van der Waals surface area contributed by atoms with Crippen LogP contribution in [0.4, 0.5) is 0 Å². The standard InChI is InChI=1S/C31H36N6O3/c1-6-31(4,5)37-29(33-34-35-37)28(26-18-23-13-10-21(3)17-27(23)32-30(26)38)36(20-25-9-8-16-40-25)19-22-11-14-24(15-12-22)39-7-2/h8-18,28H,6-7,19-20H2,1-5H3,(H,32,38)/t28-/m0/s1. The number of aryl methyl sites for hydroxylation is 1. The van der Waals surface area contributed by atoms with Crippen LogP contribution in [0.5, 0.6) is 5.75 Å². The van der Waals surface area contributed by atoms with Gasteiger partial charge in [0.05, 0.1) is 25.0 Å². The van der Waals surface area contributed by atoms with E-state index < -0.39 is 6.04 Å². The van der Waals surface area contributed by atoms with E-state index in [1.165, 1.54) is 0 Å². The topological polar surface area (TPSA) is 102 Å². The summed E-state index contributed by atoms with van der Waals surface area (Å²) in [4.78, 5) is 19.1. The number of furan rings is 1. The Labute approximate surface area is 233 Å². The van der Waals surface area contributed by atoms with Gasteiger partial charge in [0, 0.05) is 17.6 Å². The van der Waals surface area contributed by atoms with Crippen molar-refractivity contribution < 1.29 is 9.15 Å². The number of nitrogens with zero attached hydrogens (tertiary/aromatic N) is 5. The van der Waals surface area contributed by atoms with Gasteiger partial charge in [0.25, 0.3) is 5.56 Å². The minimum absolute atomic E-state index is 0.178.